The molecule has 0 bridgehead atoms. The van der Waals surface area contributed by atoms with E-state index in [1.807, 2.05) is 36.4 Å². The molecule has 2 atom stereocenters. The molecule has 0 radical (unpaired) electrons. The molecule has 1 aromatic heterocycles. The van der Waals surface area contributed by atoms with Crippen LogP contribution in [0.5, 0.6) is 5.75 Å². The predicted octanol–water partition coefficient (Wildman–Crippen LogP) is 1.30. The van der Waals surface area contributed by atoms with Crippen LogP contribution in [0, 0.1) is 5.92 Å². The molecular weight excluding hydrogens is 380 g/mol. The Morgan fingerprint density at radius 2 is 2.13 bits per heavy atom. The maximum atomic E-state index is 11.9. The largest absolute Gasteiger partial charge is 0.497 e. The molecule has 0 spiro atoms. The quantitative estimate of drug-likeness (QED) is 0.563. The Morgan fingerprint density at radius 3 is 2.93 bits per heavy atom. The van der Waals surface area contributed by atoms with Gasteiger partial charge in [-0.3, -0.25) is 10.6 Å². The zero-order valence-corrected chi connectivity index (χ0v) is 17.0. The second-order valence-corrected chi connectivity index (χ2v) is 7.65. The summed E-state index contributed by atoms with van der Waals surface area (Å²) in [5, 5.41) is 4.37. The van der Waals surface area contributed by atoms with Gasteiger partial charge in [-0.1, -0.05) is 18.2 Å². The molecular formula is C22H27N6O2+. The number of quaternary nitrogens is 1. The van der Waals surface area contributed by atoms with E-state index in [2.05, 4.69) is 32.0 Å². The van der Waals surface area contributed by atoms with Crippen LogP contribution < -0.4 is 21.5 Å². The molecule has 0 aliphatic carbocycles. The number of benzene rings is 2. The number of hydrogen-bond donors (Lipinski definition) is 3. The molecule has 2 heterocycles. The highest BCUT2D eigenvalue weighted by molar-refractivity contribution is 5.93. The van der Waals surface area contributed by atoms with Gasteiger partial charge in [0.1, 0.15) is 23.8 Å². The summed E-state index contributed by atoms with van der Waals surface area (Å²) in [7, 11) is 1.64. The van der Waals surface area contributed by atoms with Gasteiger partial charge in [0.05, 0.1) is 12.6 Å². The maximum Gasteiger partial charge on any atom is 0.314 e. The van der Waals surface area contributed by atoms with Crippen LogP contribution in [-0.2, 0) is 11.3 Å². The molecule has 4 rings (SSSR count). The van der Waals surface area contributed by atoms with E-state index in [0.29, 0.717) is 13.1 Å². The van der Waals surface area contributed by atoms with Crippen LogP contribution in [0.15, 0.2) is 48.8 Å². The summed E-state index contributed by atoms with van der Waals surface area (Å²) >= 11 is 0. The lowest BCUT2D eigenvalue weighted by molar-refractivity contribution is -0.313. The van der Waals surface area contributed by atoms with E-state index < -0.39 is 0 Å². The Bertz CT molecular complexity index is 1050. The Kier molecular flexibility index (Phi) is 5.89. The van der Waals surface area contributed by atoms with Gasteiger partial charge in [0.15, 0.2) is 0 Å². The summed E-state index contributed by atoms with van der Waals surface area (Å²) in [5.41, 5.74) is 12.6. The number of piperidine rings is 1. The van der Waals surface area contributed by atoms with E-state index in [4.69, 9.17) is 10.5 Å². The normalized spacial score (nSPS) is 19.6. The first-order valence-electron chi connectivity index (χ1n) is 10.0. The molecule has 1 aliphatic heterocycles. The molecule has 1 fully saturated rings. The third-order valence-corrected chi connectivity index (χ3v) is 5.64. The van der Waals surface area contributed by atoms with Crippen LogP contribution in [-0.4, -0.2) is 47.0 Å². The van der Waals surface area contributed by atoms with Gasteiger partial charge in [0, 0.05) is 42.8 Å². The lowest BCUT2D eigenvalue weighted by Crippen LogP contribution is -2.66. The predicted molar refractivity (Wildman–Crippen MR) is 115 cm³/mol. The number of nitrogens with two attached hydrogens (primary N) is 1. The number of likely N-dealkylation sites (tertiary alicyclic amines) is 1. The van der Waals surface area contributed by atoms with Crippen LogP contribution in [0.1, 0.15) is 12.0 Å². The topological polar surface area (TPSA) is 121 Å². The lowest BCUT2D eigenvalue weighted by Gasteiger charge is -2.34. The highest BCUT2D eigenvalue weighted by Crippen LogP contribution is 2.29. The molecule has 0 saturated carbocycles. The van der Waals surface area contributed by atoms with E-state index in [1.165, 1.54) is 0 Å². The highest BCUT2D eigenvalue weighted by atomic mass is 16.5. The molecule has 3 aromatic rings. The molecule has 2 aromatic carbocycles. The average molecular weight is 407 g/mol. The number of rotatable bonds is 6. The minimum atomic E-state index is -0.223. The van der Waals surface area contributed by atoms with E-state index in [0.717, 1.165) is 46.7 Å². The maximum absolute atomic E-state index is 11.9. The summed E-state index contributed by atoms with van der Waals surface area (Å²) < 4.78 is 5.32. The fourth-order valence-corrected chi connectivity index (χ4v) is 4.01. The number of carbonyl (C=O) groups excluding carboxylic acids is 1. The Morgan fingerprint density at radius 1 is 1.30 bits per heavy atom. The first-order chi connectivity index (χ1) is 14.5. The summed E-state index contributed by atoms with van der Waals surface area (Å²) in [6, 6.07) is 13.7. The van der Waals surface area contributed by atoms with Crippen molar-refractivity contribution in [1.82, 2.24) is 14.9 Å². The molecule has 8 heteroatoms. The Hall–Kier alpha value is -3.07. The van der Waals surface area contributed by atoms with Gasteiger partial charge in [-0.2, -0.15) is 0 Å². The minimum Gasteiger partial charge on any atom is -0.497 e. The van der Waals surface area contributed by atoms with Crippen molar-refractivity contribution < 1.29 is 15.3 Å². The van der Waals surface area contributed by atoms with Crippen molar-refractivity contribution in [1.29, 1.82) is 0 Å². The van der Waals surface area contributed by atoms with Gasteiger partial charge >= 0.3 is 5.91 Å². The molecule has 1 unspecified atom stereocenters. The summed E-state index contributed by atoms with van der Waals surface area (Å²) in [5.74, 6) is 1.20. The van der Waals surface area contributed by atoms with Crippen molar-refractivity contribution in [3.05, 3.63) is 54.4 Å². The number of hydrogen-bond acceptors (Lipinski definition) is 7. The number of fused-ring (bicyclic) bond motifs is 1. The van der Waals surface area contributed by atoms with Crippen molar-refractivity contribution in [3.63, 3.8) is 0 Å². The molecule has 156 valence electrons. The first kappa shape index (κ1) is 20.2. The number of aromatic nitrogens is 2. The molecule has 30 heavy (non-hydrogen) atoms. The van der Waals surface area contributed by atoms with Gasteiger partial charge < -0.3 is 15.8 Å². The van der Waals surface area contributed by atoms with Crippen LogP contribution in [0.25, 0.3) is 10.9 Å². The van der Waals surface area contributed by atoms with Crippen LogP contribution in [0.4, 0.5) is 11.5 Å². The van der Waals surface area contributed by atoms with E-state index in [1.54, 1.807) is 13.4 Å². The number of nitrogens with zero attached hydrogens (tertiary/aromatic N) is 3. The van der Waals surface area contributed by atoms with Crippen molar-refractivity contribution in [2.75, 3.05) is 25.5 Å². The summed E-state index contributed by atoms with van der Waals surface area (Å²) in [6.07, 6.45) is 2.34. The third-order valence-electron chi connectivity index (χ3n) is 5.64. The first-order valence-corrected chi connectivity index (χ1v) is 10.0. The Labute approximate surface area is 175 Å². The van der Waals surface area contributed by atoms with Crippen molar-refractivity contribution in [2.24, 2.45) is 11.7 Å². The van der Waals surface area contributed by atoms with Crippen LogP contribution in [0.2, 0.25) is 0 Å². The number of methoxy groups -OCH3 is 1. The molecule has 8 nitrogen and oxygen atoms in total. The lowest BCUT2D eigenvalue weighted by atomic mass is 9.92. The standard InChI is InChI=1S/C22H26N6O2/c1-30-16-6-3-5-15(10-16)27-22-20-14(4-2-7-19(20)25-13-26-22)11-28-9-8-18(23)17(12-28)21(24)29/h2-7,10,13,17-18H,8-9,11-12,23H2,1H3,(H2,24,29)(H,25,26,27)/p+1/t17?,18-/m1/s1. The van der Waals surface area contributed by atoms with Gasteiger partial charge in [-0.05, 0) is 30.2 Å². The van der Waals surface area contributed by atoms with E-state index in [9.17, 15) is 4.79 Å². The Balaban J connectivity index is 1.65. The fraction of sp³-hybridized carbons (Fsp3) is 0.318. The number of ether oxygens (including phenoxy) is 1. The van der Waals surface area contributed by atoms with Crippen LogP contribution in [0.3, 0.4) is 0 Å². The van der Waals surface area contributed by atoms with Crippen molar-refractivity contribution >= 4 is 28.3 Å². The van der Waals surface area contributed by atoms with E-state index in [-0.39, 0.29) is 17.9 Å². The zero-order valence-electron chi connectivity index (χ0n) is 17.0. The summed E-state index contributed by atoms with van der Waals surface area (Å²) in [6.45, 7) is 2.15. The molecule has 1 aliphatic rings. The van der Waals surface area contributed by atoms with Gasteiger partial charge in [0.25, 0.3) is 0 Å². The second-order valence-electron chi connectivity index (χ2n) is 7.65. The fourth-order valence-electron chi connectivity index (χ4n) is 4.01. The van der Waals surface area contributed by atoms with E-state index >= 15 is 0 Å². The number of nitrogens with one attached hydrogen (secondary N) is 1. The van der Waals surface area contributed by atoms with Crippen LogP contribution >= 0.6 is 0 Å². The van der Waals surface area contributed by atoms with Gasteiger partial charge in [-0.25, -0.2) is 14.8 Å². The number of amides is 1. The monoisotopic (exact) mass is 407 g/mol. The zero-order chi connectivity index (χ0) is 21.1. The second kappa shape index (κ2) is 8.74. The third kappa shape index (κ3) is 4.25. The van der Waals surface area contributed by atoms with Crippen molar-refractivity contribution in [3.8, 4) is 5.75 Å². The highest BCUT2D eigenvalue weighted by Gasteiger charge is 2.33. The average Bonchev–Trinajstić information content (AvgIpc) is 2.75. The van der Waals surface area contributed by atoms with Gasteiger partial charge in [-0.15, -0.1) is 0 Å². The smallest absolute Gasteiger partial charge is 0.314 e. The SMILES string of the molecule is COc1cccc(Nc2ncnc3cccc(CN4CC[C@@H](N)C(C([NH3+])=O)C4)c23)c1. The molecule has 1 amide bonds. The van der Waals surface area contributed by atoms with Gasteiger partial charge in [0.2, 0.25) is 0 Å². The molecule has 1 saturated heterocycles. The minimum absolute atomic E-state index is 0.0890. The number of anilines is 2. The van der Waals surface area contributed by atoms with Crippen molar-refractivity contribution in [2.45, 2.75) is 19.0 Å². The molecule has 6 N–H and O–H groups in total. The number of carbonyl (C=O) groups is 1. The summed E-state index contributed by atoms with van der Waals surface area (Å²) in [4.78, 5) is 23.1.